The average Bonchev–Trinajstić information content (AvgIpc) is 2.72. The molecule has 0 unspecified atom stereocenters. The van der Waals surface area contributed by atoms with Crippen LogP contribution in [0.5, 0.6) is 0 Å². The van der Waals surface area contributed by atoms with Gasteiger partial charge in [-0.15, -0.1) is 0 Å². The number of aryl methyl sites for hydroxylation is 1. The number of nitrogens with one attached hydrogen (secondary N) is 1. The second-order valence-electron chi connectivity index (χ2n) is 4.82. The van der Waals surface area contributed by atoms with Crippen molar-refractivity contribution in [1.29, 1.82) is 0 Å². The van der Waals surface area contributed by atoms with Gasteiger partial charge in [-0.25, -0.2) is 4.68 Å². The van der Waals surface area contributed by atoms with Crippen molar-refractivity contribution in [2.45, 2.75) is 27.2 Å². The van der Waals surface area contributed by atoms with Crippen molar-refractivity contribution in [3.8, 4) is 5.95 Å². The summed E-state index contributed by atoms with van der Waals surface area (Å²) in [7, 11) is 5.59. The molecular formula is C13H21N7. The Kier molecular flexibility index (Phi) is 3.87. The molecule has 20 heavy (non-hydrogen) atoms. The van der Waals surface area contributed by atoms with Crippen LogP contribution < -0.4 is 10.2 Å². The summed E-state index contributed by atoms with van der Waals surface area (Å²) in [5, 5.41) is 7.50. The SMILES string of the molecule is CCc1c(C)nn(-c2nc(NC)nc(N(C)C)n2)c1C. The first kappa shape index (κ1) is 14.2. The van der Waals surface area contributed by atoms with E-state index in [0.29, 0.717) is 17.8 Å². The Balaban J connectivity index is 2.60. The number of nitrogens with zero attached hydrogens (tertiary/aromatic N) is 6. The summed E-state index contributed by atoms with van der Waals surface area (Å²) in [5.74, 6) is 1.67. The molecule has 0 saturated carbocycles. The van der Waals surface area contributed by atoms with Gasteiger partial charge in [-0.05, 0) is 25.8 Å². The van der Waals surface area contributed by atoms with Gasteiger partial charge in [0, 0.05) is 26.8 Å². The van der Waals surface area contributed by atoms with E-state index in [9.17, 15) is 0 Å². The highest BCUT2D eigenvalue weighted by Gasteiger charge is 2.15. The molecule has 0 radical (unpaired) electrons. The first-order valence-corrected chi connectivity index (χ1v) is 6.64. The van der Waals surface area contributed by atoms with Gasteiger partial charge in [0.1, 0.15) is 0 Å². The molecule has 0 aliphatic heterocycles. The highest BCUT2D eigenvalue weighted by atomic mass is 15.4. The molecule has 0 aromatic carbocycles. The standard InChI is InChI=1S/C13H21N7/c1-7-10-8(2)18-20(9(10)3)13-16-11(14-4)15-12(17-13)19(5)6/h7H2,1-6H3,(H,14,15,16,17). The molecule has 1 N–H and O–H groups in total. The van der Waals surface area contributed by atoms with E-state index in [1.807, 2.05) is 32.8 Å². The van der Waals surface area contributed by atoms with Crippen LogP contribution in [-0.4, -0.2) is 45.9 Å². The lowest BCUT2D eigenvalue weighted by Gasteiger charge is -2.13. The third-order valence-corrected chi connectivity index (χ3v) is 3.22. The lowest BCUT2D eigenvalue weighted by molar-refractivity contribution is 0.760. The van der Waals surface area contributed by atoms with E-state index in [2.05, 4.69) is 32.3 Å². The second kappa shape index (κ2) is 5.44. The zero-order valence-electron chi connectivity index (χ0n) is 12.9. The lowest BCUT2D eigenvalue weighted by atomic mass is 10.1. The van der Waals surface area contributed by atoms with Gasteiger partial charge < -0.3 is 10.2 Å². The highest BCUT2D eigenvalue weighted by molar-refractivity contribution is 5.40. The molecule has 2 heterocycles. The van der Waals surface area contributed by atoms with Crippen LogP contribution in [0.3, 0.4) is 0 Å². The Bertz CT molecular complexity index is 615. The molecule has 0 aliphatic rings. The third-order valence-electron chi connectivity index (χ3n) is 3.22. The van der Waals surface area contributed by atoms with Crippen molar-refractivity contribution in [1.82, 2.24) is 24.7 Å². The number of aromatic nitrogens is 5. The van der Waals surface area contributed by atoms with Crippen LogP contribution >= 0.6 is 0 Å². The fourth-order valence-corrected chi connectivity index (χ4v) is 2.14. The molecule has 0 spiro atoms. The van der Waals surface area contributed by atoms with Crippen molar-refractivity contribution in [2.24, 2.45) is 0 Å². The van der Waals surface area contributed by atoms with E-state index in [1.54, 1.807) is 11.7 Å². The smallest absolute Gasteiger partial charge is 0.257 e. The Morgan fingerprint density at radius 3 is 2.35 bits per heavy atom. The summed E-state index contributed by atoms with van der Waals surface area (Å²) in [6, 6.07) is 0. The van der Waals surface area contributed by atoms with E-state index < -0.39 is 0 Å². The highest BCUT2D eigenvalue weighted by Crippen LogP contribution is 2.18. The molecule has 0 atom stereocenters. The molecular weight excluding hydrogens is 254 g/mol. The van der Waals surface area contributed by atoms with Crippen LogP contribution in [0.1, 0.15) is 23.9 Å². The maximum Gasteiger partial charge on any atom is 0.257 e. The average molecular weight is 275 g/mol. The molecule has 108 valence electrons. The maximum atomic E-state index is 4.54. The minimum atomic E-state index is 0.532. The van der Waals surface area contributed by atoms with Crippen molar-refractivity contribution in [2.75, 3.05) is 31.4 Å². The van der Waals surface area contributed by atoms with E-state index in [4.69, 9.17) is 0 Å². The van der Waals surface area contributed by atoms with Crippen LogP contribution in [0.15, 0.2) is 0 Å². The monoisotopic (exact) mass is 275 g/mol. The molecule has 7 heteroatoms. The van der Waals surface area contributed by atoms with Crippen LogP contribution in [0.4, 0.5) is 11.9 Å². The van der Waals surface area contributed by atoms with Gasteiger partial charge in [-0.1, -0.05) is 6.92 Å². The van der Waals surface area contributed by atoms with Crippen LogP contribution in [0, 0.1) is 13.8 Å². The maximum absolute atomic E-state index is 4.54. The van der Waals surface area contributed by atoms with Gasteiger partial charge in [-0.3, -0.25) is 0 Å². The van der Waals surface area contributed by atoms with Gasteiger partial charge >= 0.3 is 0 Å². The second-order valence-corrected chi connectivity index (χ2v) is 4.82. The summed E-state index contributed by atoms with van der Waals surface area (Å²) >= 11 is 0. The number of hydrogen-bond donors (Lipinski definition) is 1. The molecule has 2 aromatic rings. The van der Waals surface area contributed by atoms with Crippen LogP contribution in [0.25, 0.3) is 5.95 Å². The van der Waals surface area contributed by atoms with Gasteiger partial charge in [0.2, 0.25) is 11.9 Å². The number of hydrogen-bond acceptors (Lipinski definition) is 6. The van der Waals surface area contributed by atoms with Gasteiger partial charge in [0.25, 0.3) is 5.95 Å². The van der Waals surface area contributed by atoms with Gasteiger partial charge in [-0.2, -0.15) is 20.1 Å². The zero-order valence-corrected chi connectivity index (χ0v) is 12.9. The van der Waals surface area contributed by atoms with Crippen molar-refractivity contribution < 1.29 is 0 Å². The van der Waals surface area contributed by atoms with Crippen molar-refractivity contribution >= 4 is 11.9 Å². The molecule has 7 nitrogen and oxygen atoms in total. The molecule has 0 saturated heterocycles. The van der Waals surface area contributed by atoms with E-state index in [1.165, 1.54) is 5.56 Å². The Morgan fingerprint density at radius 2 is 1.85 bits per heavy atom. The first-order chi connectivity index (χ1) is 9.47. The molecule has 0 fully saturated rings. The first-order valence-electron chi connectivity index (χ1n) is 6.64. The predicted octanol–water partition coefficient (Wildman–Crippen LogP) is 1.34. The van der Waals surface area contributed by atoms with Crippen LogP contribution in [-0.2, 0) is 6.42 Å². The number of rotatable bonds is 4. The van der Waals surface area contributed by atoms with E-state index in [-0.39, 0.29) is 0 Å². The quantitative estimate of drug-likeness (QED) is 0.908. The largest absolute Gasteiger partial charge is 0.357 e. The summed E-state index contributed by atoms with van der Waals surface area (Å²) < 4.78 is 1.78. The summed E-state index contributed by atoms with van der Waals surface area (Å²) in [4.78, 5) is 15.0. The summed E-state index contributed by atoms with van der Waals surface area (Å²) in [6.07, 6.45) is 0.947. The molecule has 2 aromatic heterocycles. The minimum Gasteiger partial charge on any atom is -0.357 e. The Morgan fingerprint density at radius 1 is 1.15 bits per heavy atom. The molecule has 0 amide bonds. The Labute approximate surface area is 119 Å². The van der Waals surface area contributed by atoms with Crippen molar-refractivity contribution in [3.05, 3.63) is 17.0 Å². The third kappa shape index (κ3) is 2.43. The zero-order chi connectivity index (χ0) is 14.9. The predicted molar refractivity (Wildman–Crippen MR) is 79.7 cm³/mol. The normalized spacial score (nSPS) is 10.7. The van der Waals surface area contributed by atoms with Gasteiger partial charge in [0.05, 0.1) is 5.69 Å². The minimum absolute atomic E-state index is 0.532. The summed E-state index contributed by atoms with van der Waals surface area (Å²) in [5.41, 5.74) is 3.33. The topological polar surface area (TPSA) is 71.8 Å². The fourth-order valence-electron chi connectivity index (χ4n) is 2.14. The van der Waals surface area contributed by atoms with E-state index in [0.717, 1.165) is 17.8 Å². The Hall–Kier alpha value is -2.18. The lowest BCUT2D eigenvalue weighted by Crippen LogP contribution is -2.17. The number of anilines is 2. The fraction of sp³-hybridized carbons (Fsp3) is 0.538. The molecule has 0 aliphatic carbocycles. The van der Waals surface area contributed by atoms with E-state index >= 15 is 0 Å². The van der Waals surface area contributed by atoms with Gasteiger partial charge in [0.15, 0.2) is 0 Å². The summed E-state index contributed by atoms with van der Waals surface area (Å²) in [6.45, 7) is 6.17. The molecule has 2 rings (SSSR count). The van der Waals surface area contributed by atoms with Crippen LogP contribution in [0.2, 0.25) is 0 Å². The van der Waals surface area contributed by atoms with Crippen molar-refractivity contribution in [3.63, 3.8) is 0 Å². The molecule has 0 bridgehead atoms.